The molecule has 1 aliphatic carbocycles. The fourth-order valence-corrected chi connectivity index (χ4v) is 3.99. The molecule has 0 saturated heterocycles. The Labute approximate surface area is 126 Å². The summed E-state index contributed by atoms with van der Waals surface area (Å²) in [7, 11) is 0. The Kier molecular flexibility index (Phi) is 5.19. The van der Waals surface area contributed by atoms with Crippen LogP contribution in [-0.2, 0) is 16.7 Å². The first kappa shape index (κ1) is 16.2. The minimum atomic E-state index is -4.34. The molecule has 1 atom stereocenters. The van der Waals surface area contributed by atoms with Gasteiger partial charge in [-0.3, -0.25) is 4.79 Å². The van der Waals surface area contributed by atoms with Gasteiger partial charge in [-0.1, -0.05) is 31.0 Å². The summed E-state index contributed by atoms with van der Waals surface area (Å²) in [6.07, 6.45) is -0.196. The van der Waals surface area contributed by atoms with Gasteiger partial charge >= 0.3 is 6.18 Å². The summed E-state index contributed by atoms with van der Waals surface area (Å²) in [5.41, 5.74) is 5.35. The molecule has 0 radical (unpaired) electrons. The summed E-state index contributed by atoms with van der Waals surface area (Å²) in [4.78, 5) is 11.6. The lowest BCUT2D eigenvalue weighted by atomic mass is 10.0. The highest BCUT2D eigenvalue weighted by molar-refractivity contribution is 7.99. The number of amides is 1. The van der Waals surface area contributed by atoms with Crippen molar-refractivity contribution in [2.24, 2.45) is 11.7 Å². The van der Waals surface area contributed by atoms with Crippen LogP contribution in [0, 0.1) is 5.92 Å². The van der Waals surface area contributed by atoms with Crippen LogP contribution in [0.3, 0.4) is 0 Å². The van der Waals surface area contributed by atoms with Gasteiger partial charge in [0.2, 0.25) is 5.91 Å². The minimum Gasteiger partial charge on any atom is -0.369 e. The molecule has 6 heteroatoms. The molecular weight excluding hydrogens is 299 g/mol. The fourth-order valence-electron chi connectivity index (χ4n) is 2.73. The van der Waals surface area contributed by atoms with Crippen molar-refractivity contribution in [1.82, 2.24) is 0 Å². The van der Waals surface area contributed by atoms with Gasteiger partial charge in [-0.05, 0) is 30.4 Å². The Morgan fingerprint density at radius 2 is 2.00 bits per heavy atom. The van der Waals surface area contributed by atoms with E-state index < -0.39 is 11.7 Å². The number of nitrogens with two attached hydrogens (primary N) is 1. The lowest BCUT2D eigenvalue weighted by molar-refractivity contribution is -0.137. The van der Waals surface area contributed by atoms with E-state index >= 15 is 0 Å². The van der Waals surface area contributed by atoms with Crippen LogP contribution in [0.5, 0.6) is 0 Å². The molecule has 21 heavy (non-hydrogen) atoms. The zero-order valence-electron chi connectivity index (χ0n) is 11.5. The maximum Gasteiger partial charge on any atom is 0.416 e. The van der Waals surface area contributed by atoms with E-state index in [0.29, 0.717) is 11.3 Å². The van der Waals surface area contributed by atoms with Gasteiger partial charge in [-0.25, -0.2) is 0 Å². The summed E-state index contributed by atoms with van der Waals surface area (Å²) in [5, 5.41) is -0.304. The highest BCUT2D eigenvalue weighted by atomic mass is 32.2. The van der Waals surface area contributed by atoms with E-state index in [1.54, 1.807) is 6.07 Å². The Hall–Kier alpha value is -1.17. The Morgan fingerprint density at radius 3 is 2.57 bits per heavy atom. The van der Waals surface area contributed by atoms with Crippen molar-refractivity contribution in [1.29, 1.82) is 0 Å². The van der Waals surface area contributed by atoms with E-state index in [1.165, 1.54) is 17.8 Å². The highest BCUT2D eigenvalue weighted by Crippen LogP contribution is 2.36. The number of primary amides is 1. The molecule has 1 unspecified atom stereocenters. The summed E-state index contributed by atoms with van der Waals surface area (Å²) in [5.74, 6) is 0.269. The predicted molar refractivity (Wildman–Crippen MR) is 77.7 cm³/mol. The average molecular weight is 317 g/mol. The van der Waals surface area contributed by atoms with Crippen LogP contribution in [0.2, 0.25) is 0 Å². The number of rotatable bonds is 5. The molecule has 1 aromatic rings. The topological polar surface area (TPSA) is 43.1 Å². The van der Waals surface area contributed by atoms with Crippen molar-refractivity contribution in [2.45, 2.75) is 42.9 Å². The number of benzene rings is 1. The Bertz CT molecular complexity index is 498. The quantitative estimate of drug-likeness (QED) is 0.892. The Morgan fingerprint density at radius 1 is 1.33 bits per heavy atom. The molecule has 0 aliphatic heterocycles. The van der Waals surface area contributed by atoms with E-state index in [-0.39, 0.29) is 17.1 Å². The molecule has 0 spiro atoms. The monoisotopic (exact) mass is 317 g/mol. The van der Waals surface area contributed by atoms with Crippen molar-refractivity contribution in [3.8, 4) is 0 Å². The molecule has 0 bridgehead atoms. The number of hydrogen-bond donors (Lipinski definition) is 1. The molecule has 1 aromatic carbocycles. The second-order valence-electron chi connectivity index (χ2n) is 5.38. The molecule has 0 aromatic heterocycles. The van der Waals surface area contributed by atoms with Crippen molar-refractivity contribution in [3.63, 3.8) is 0 Å². The van der Waals surface area contributed by atoms with Gasteiger partial charge < -0.3 is 5.73 Å². The first-order chi connectivity index (χ1) is 9.88. The average Bonchev–Trinajstić information content (AvgIpc) is 2.92. The first-order valence-corrected chi connectivity index (χ1v) is 8.00. The van der Waals surface area contributed by atoms with Gasteiger partial charge in [0.1, 0.15) is 0 Å². The van der Waals surface area contributed by atoms with Crippen LogP contribution in [0.25, 0.3) is 0 Å². The Balaban J connectivity index is 2.02. The molecular formula is C15H18F3NOS. The van der Waals surface area contributed by atoms with Crippen molar-refractivity contribution in [2.75, 3.05) is 0 Å². The molecule has 1 fully saturated rings. The van der Waals surface area contributed by atoms with Crippen LogP contribution in [0.1, 0.15) is 36.8 Å². The van der Waals surface area contributed by atoms with Crippen LogP contribution in [0.15, 0.2) is 24.3 Å². The summed E-state index contributed by atoms with van der Waals surface area (Å²) in [6.45, 7) is 0. The molecule has 116 valence electrons. The lowest BCUT2D eigenvalue weighted by Gasteiger charge is -2.19. The van der Waals surface area contributed by atoms with Gasteiger partial charge in [0.05, 0.1) is 10.8 Å². The zero-order chi connectivity index (χ0) is 15.5. The normalized spacial score (nSPS) is 17.9. The van der Waals surface area contributed by atoms with E-state index in [9.17, 15) is 18.0 Å². The van der Waals surface area contributed by atoms with Crippen LogP contribution in [0.4, 0.5) is 13.2 Å². The second kappa shape index (κ2) is 6.73. The van der Waals surface area contributed by atoms with E-state index in [2.05, 4.69) is 0 Å². The largest absolute Gasteiger partial charge is 0.416 e. The molecule has 1 aliphatic rings. The summed E-state index contributed by atoms with van der Waals surface area (Å²) in [6, 6.07) is 5.24. The third-order valence-electron chi connectivity index (χ3n) is 3.79. The van der Waals surface area contributed by atoms with Crippen molar-refractivity contribution < 1.29 is 18.0 Å². The zero-order valence-corrected chi connectivity index (χ0v) is 12.3. The summed E-state index contributed by atoms with van der Waals surface area (Å²) >= 11 is 1.36. The third kappa shape index (κ3) is 4.40. The highest BCUT2D eigenvalue weighted by Gasteiger charge is 2.31. The van der Waals surface area contributed by atoms with Crippen molar-refractivity contribution in [3.05, 3.63) is 35.4 Å². The van der Waals surface area contributed by atoms with E-state index in [4.69, 9.17) is 5.73 Å². The predicted octanol–water partition coefficient (Wildman–Crippen LogP) is 3.98. The standard InChI is InChI=1S/C15H18F3NOS/c16-15(17,18)12-7-3-4-10(8-12)9-21-13(14(19)20)11-5-1-2-6-11/h3-4,7-8,11,13H,1-2,5-6,9H2,(H2,19,20). The maximum absolute atomic E-state index is 12.7. The van der Waals surface area contributed by atoms with Crippen LogP contribution < -0.4 is 5.73 Å². The van der Waals surface area contributed by atoms with Gasteiger partial charge in [0.15, 0.2) is 0 Å². The molecule has 2 N–H and O–H groups in total. The van der Waals surface area contributed by atoms with E-state index in [0.717, 1.165) is 37.8 Å². The fraction of sp³-hybridized carbons (Fsp3) is 0.533. The van der Waals surface area contributed by atoms with Gasteiger partial charge in [0.25, 0.3) is 0 Å². The van der Waals surface area contributed by atoms with E-state index in [1.807, 2.05) is 0 Å². The van der Waals surface area contributed by atoms with Crippen LogP contribution in [-0.4, -0.2) is 11.2 Å². The van der Waals surface area contributed by atoms with Gasteiger partial charge in [0, 0.05) is 5.75 Å². The van der Waals surface area contributed by atoms with Crippen LogP contribution >= 0.6 is 11.8 Å². The SMILES string of the molecule is NC(=O)C(SCc1cccc(C(F)(F)F)c1)C1CCCC1. The number of hydrogen-bond acceptors (Lipinski definition) is 2. The summed E-state index contributed by atoms with van der Waals surface area (Å²) < 4.78 is 38.0. The first-order valence-electron chi connectivity index (χ1n) is 6.95. The second-order valence-corrected chi connectivity index (χ2v) is 6.51. The number of halogens is 3. The molecule has 1 amide bonds. The third-order valence-corrected chi connectivity index (χ3v) is 5.27. The van der Waals surface area contributed by atoms with Gasteiger partial charge in [-0.15, -0.1) is 11.8 Å². The maximum atomic E-state index is 12.7. The minimum absolute atomic E-state index is 0.262. The van der Waals surface area contributed by atoms with Gasteiger partial charge in [-0.2, -0.15) is 13.2 Å². The molecule has 2 rings (SSSR count). The number of carbonyl (C=O) groups is 1. The molecule has 0 heterocycles. The van der Waals surface area contributed by atoms with Crippen molar-refractivity contribution >= 4 is 17.7 Å². The smallest absolute Gasteiger partial charge is 0.369 e. The number of thioether (sulfide) groups is 1. The number of alkyl halides is 3. The molecule has 2 nitrogen and oxygen atoms in total. The molecule has 1 saturated carbocycles. The number of carbonyl (C=O) groups excluding carboxylic acids is 1. The lowest BCUT2D eigenvalue weighted by Crippen LogP contribution is -2.31.